The van der Waals surface area contributed by atoms with Gasteiger partial charge in [0.15, 0.2) is 5.96 Å². The van der Waals surface area contributed by atoms with Gasteiger partial charge in [-0.25, -0.2) is 4.79 Å². The average molecular weight is 415 g/mol. The van der Waals surface area contributed by atoms with E-state index in [1.165, 1.54) is 38.8 Å². The summed E-state index contributed by atoms with van der Waals surface area (Å²) in [5, 5.41) is 9.80. The Kier molecular flexibility index (Phi) is 9.28. The van der Waals surface area contributed by atoms with Gasteiger partial charge in [-0.15, -0.1) is 0 Å². The van der Waals surface area contributed by atoms with Crippen LogP contribution in [-0.2, 0) is 6.54 Å². The Bertz CT molecular complexity index is 678. The minimum Gasteiger partial charge on any atom is -0.356 e. The van der Waals surface area contributed by atoms with Crippen molar-refractivity contribution in [3.05, 3.63) is 29.8 Å². The number of rotatable bonds is 7. The summed E-state index contributed by atoms with van der Waals surface area (Å²) in [5.41, 5.74) is 1.95. The molecule has 3 N–H and O–H groups in total. The molecular formula is C23H38N6O. The highest BCUT2D eigenvalue weighted by Crippen LogP contribution is 2.14. The van der Waals surface area contributed by atoms with Gasteiger partial charge >= 0.3 is 6.03 Å². The van der Waals surface area contributed by atoms with Crippen molar-refractivity contribution in [2.45, 2.75) is 51.5 Å². The van der Waals surface area contributed by atoms with Gasteiger partial charge in [-0.05, 0) is 69.4 Å². The molecule has 0 aromatic heterocycles. The predicted molar refractivity (Wildman–Crippen MR) is 124 cm³/mol. The Morgan fingerprint density at radius 1 is 1.00 bits per heavy atom. The molecule has 0 spiro atoms. The number of hydrogen-bond donors (Lipinski definition) is 3. The Morgan fingerprint density at radius 3 is 2.47 bits per heavy atom. The molecule has 0 atom stereocenters. The first kappa shape index (κ1) is 22.4. The molecule has 2 amide bonds. The Labute approximate surface area is 181 Å². The van der Waals surface area contributed by atoms with Crippen molar-refractivity contribution in [1.82, 2.24) is 20.4 Å². The van der Waals surface area contributed by atoms with Crippen molar-refractivity contribution >= 4 is 17.7 Å². The van der Waals surface area contributed by atoms with Crippen LogP contribution in [0.25, 0.3) is 0 Å². The van der Waals surface area contributed by atoms with Crippen molar-refractivity contribution in [3.8, 4) is 0 Å². The van der Waals surface area contributed by atoms with Crippen molar-refractivity contribution in [2.24, 2.45) is 4.99 Å². The quantitative estimate of drug-likeness (QED) is 0.364. The lowest BCUT2D eigenvalue weighted by Gasteiger charge is -2.20. The second-order valence-corrected chi connectivity index (χ2v) is 8.29. The van der Waals surface area contributed by atoms with Gasteiger partial charge in [-0.2, -0.15) is 0 Å². The number of anilines is 1. The lowest BCUT2D eigenvalue weighted by atomic mass is 10.2. The topological polar surface area (TPSA) is 72.0 Å². The fourth-order valence-corrected chi connectivity index (χ4v) is 4.16. The molecule has 30 heavy (non-hydrogen) atoms. The van der Waals surface area contributed by atoms with Crippen LogP contribution in [0.2, 0.25) is 0 Å². The van der Waals surface area contributed by atoms with E-state index in [-0.39, 0.29) is 6.03 Å². The maximum Gasteiger partial charge on any atom is 0.321 e. The van der Waals surface area contributed by atoms with E-state index in [4.69, 9.17) is 0 Å². The summed E-state index contributed by atoms with van der Waals surface area (Å²) in [4.78, 5) is 21.1. The molecule has 0 aliphatic carbocycles. The van der Waals surface area contributed by atoms with Crippen LogP contribution < -0.4 is 16.0 Å². The zero-order valence-corrected chi connectivity index (χ0v) is 18.5. The van der Waals surface area contributed by atoms with E-state index in [0.29, 0.717) is 6.54 Å². The molecule has 0 radical (unpaired) electrons. The zero-order valence-electron chi connectivity index (χ0n) is 18.5. The Balaban J connectivity index is 1.37. The number of aliphatic imine (C=N–C) groups is 1. The van der Waals surface area contributed by atoms with E-state index in [9.17, 15) is 4.79 Å². The number of nitrogens with zero attached hydrogens (tertiary/aromatic N) is 3. The number of urea groups is 1. The zero-order chi connectivity index (χ0) is 21.0. The molecule has 1 aromatic carbocycles. The van der Waals surface area contributed by atoms with Crippen LogP contribution in [0, 0.1) is 0 Å². The van der Waals surface area contributed by atoms with Crippen LogP contribution in [0.3, 0.4) is 0 Å². The lowest BCUT2D eigenvalue weighted by Crippen LogP contribution is -2.38. The third-order valence-electron chi connectivity index (χ3n) is 5.90. The van der Waals surface area contributed by atoms with E-state index >= 15 is 0 Å². The highest BCUT2D eigenvalue weighted by Gasteiger charge is 2.17. The second-order valence-electron chi connectivity index (χ2n) is 8.29. The molecule has 3 rings (SSSR count). The molecule has 1 aromatic rings. The van der Waals surface area contributed by atoms with E-state index in [1.807, 2.05) is 23.1 Å². The number of nitrogens with one attached hydrogen (secondary N) is 3. The van der Waals surface area contributed by atoms with E-state index in [2.05, 4.69) is 31.9 Å². The number of amides is 2. The maximum absolute atomic E-state index is 12.3. The first-order valence-corrected chi connectivity index (χ1v) is 11.6. The molecule has 0 unspecified atom stereocenters. The SMILES string of the molecule is CN=C(NCCCN1CCCCCC1)NCc1cccc(NC(=O)N2CCCC2)c1. The fourth-order valence-electron chi connectivity index (χ4n) is 4.16. The van der Waals surface area contributed by atoms with Crippen LogP contribution in [0.5, 0.6) is 0 Å². The highest BCUT2D eigenvalue weighted by molar-refractivity contribution is 5.89. The minimum atomic E-state index is -0.000468. The highest BCUT2D eigenvalue weighted by atomic mass is 16.2. The third kappa shape index (κ3) is 7.52. The van der Waals surface area contributed by atoms with E-state index in [1.54, 1.807) is 7.05 Å². The van der Waals surface area contributed by atoms with E-state index in [0.717, 1.165) is 62.7 Å². The van der Waals surface area contributed by atoms with Crippen LogP contribution >= 0.6 is 0 Å². The molecule has 166 valence electrons. The van der Waals surface area contributed by atoms with Crippen LogP contribution in [-0.4, -0.2) is 68.1 Å². The summed E-state index contributed by atoms with van der Waals surface area (Å²) in [6, 6.07) is 8.00. The first-order valence-electron chi connectivity index (χ1n) is 11.6. The smallest absolute Gasteiger partial charge is 0.321 e. The molecule has 7 nitrogen and oxygen atoms in total. The third-order valence-corrected chi connectivity index (χ3v) is 5.90. The van der Waals surface area contributed by atoms with Gasteiger partial charge in [0, 0.05) is 38.9 Å². The first-order chi connectivity index (χ1) is 14.7. The second kappa shape index (κ2) is 12.4. The maximum atomic E-state index is 12.3. The molecule has 7 heteroatoms. The summed E-state index contributed by atoms with van der Waals surface area (Å²) in [6.45, 7) is 6.94. The van der Waals surface area contributed by atoms with Crippen molar-refractivity contribution in [1.29, 1.82) is 0 Å². The number of hydrogen-bond acceptors (Lipinski definition) is 3. The number of guanidine groups is 1. The molecule has 2 aliphatic heterocycles. The van der Waals surface area contributed by atoms with Crippen molar-refractivity contribution in [2.75, 3.05) is 51.6 Å². The van der Waals surface area contributed by atoms with E-state index < -0.39 is 0 Å². The van der Waals surface area contributed by atoms with Gasteiger partial charge in [0.25, 0.3) is 0 Å². The van der Waals surface area contributed by atoms with Crippen molar-refractivity contribution in [3.63, 3.8) is 0 Å². The molecular weight excluding hydrogens is 376 g/mol. The molecule has 0 saturated carbocycles. The van der Waals surface area contributed by atoms with Crippen molar-refractivity contribution < 1.29 is 4.79 Å². The lowest BCUT2D eigenvalue weighted by molar-refractivity contribution is 0.222. The summed E-state index contributed by atoms with van der Waals surface area (Å²) in [5.74, 6) is 0.817. The Hall–Kier alpha value is -2.28. The summed E-state index contributed by atoms with van der Waals surface area (Å²) >= 11 is 0. The largest absolute Gasteiger partial charge is 0.356 e. The summed E-state index contributed by atoms with van der Waals surface area (Å²) < 4.78 is 0. The standard InChI is InChI=1S/C23H38N6O/c1-24-22(25-12-9-15-28-13-4-2-3-5-14-28)26-19-20-10-8-11-21(18-20)27-23(30)29-16-6-7-17-29/h8,10-11,18H,2-7,9,12-17,19H2,1H3,(H,27,30)(H2,24,25,26). The minimum absolute atomic E-state index is 0.000468. The average Bonchev–Trinajstić information content (AvgIpc) is 3.18. The molecule has 2 saturated heterocycles. The number of likely N-dealkylation sites (tertiary alicyclic amines) is 2. The van der Waals surface area contributed by atoms with Gasteiger partial charge < -0.3 is 25.8 Å². The molecule has 2 aliphatic rings. The van der Waals surface area contributed by atoms with Crippen LogP contribution in [0.15, 0.2) is 29.3 Å². The van der Waals surface area contributed by atoms with Gasteiger partial charge in [-0.3, -0.25) is 4.99 Å². The predicted octanol–water partition coefficient (Wildman–Crippen LogP) is 3.25. The summed E-state index contributed by atoms with van der Waals surface area (Å²) in [6.07, 6.45) is 8.77. The molecule has 0 bridgehead atoms. The molecule has 2 fully saturated rings. The number of carbonyl (C=O) groups is 1. The normalized spacial score (nSPS) is 18.2. The number of benzene rings is 1. The summed E-state index contributed by atoms with van der Waals surface area (Å²) in [7, 11) is 1.80. The van der Waals surface area contributed by atoms with Crippen LogP contribution in [0.4, 0.5) is 10.5 Å². The Morgan fingerprint density at radius 2 is 1.73 bits per heavy atom. The number of carbonyl (C=O) groups excluding carboxylic acids is 1. The van der Waals surface area contributed by atoms with Gasteiger partial charge in [0.1, 0.15) is 0 Å². The van der Waals surface area contributed by atoms with Gasteiger partial charge in [0.05, 0.1) is 0 Å². The molecule has 2 heterocycles. The fraction of sp³-hybridized carbons (Fsp3) is 0.652. The monoisotopic (exact) mass is 414 g/mol. The van der Waals surface area contributed by atoms with Gasteiger partial charge in [-0.1, -0.05) is 25.0 Å². The van der Waals surface area contributed by atoms with Crippen LogP contribution in [0.1, 0.15) is 50.5 Å². The van der Waals surface area contributed by atoms with Gasteiger partial charge in [0.2, 0.25) is 0 Å².